The topological polar surface area (TPSA) is 18.5 Å². The lowest BCUT2D eigenvalue weighted by atomic mass is 10.3. The Morgan fingerprint density at radius 1 is 1.27 bits per heavy atom. The van der Waals surface area contributed by atoms with Gasteiger partial charge in [0.25, 0.3) is 0 Å². The van der Waals surface area contributed by atoms with E-state index in [1.165, 1.54) is 0 Å². The van der Waals surface area contributed by atoms with Crippen LogP contribution in [0.5, 0.6) is 11.5 Å². The Morgan fingerprint density at radius 2 is 1.91 bits per heavy atom. The summed E-state index contributed by atoms with van der Waals surface area (Å²) in [5, 5.41) is 0. The third kappa shape index (κ3) is 1.65. The molecule has 0 amide bonds. The number of rotatable bonds is 2. The van der Waals surface area contributed by atoms with Gasteiger partial charge in [0.15, 0.2) is 11.5 Å². The Labute approximate surface area is 65.8 Å². The van der Waals surface area contributed by atoms with Crippen LogP contribution >= 0.6 is 0 Å². The van der Waals surface area contributed by atoms with Crippen LogP contribution in [0.25, 0.3) is 0 Å². The van der Waals surface area contributed by atoms with E-state index in [4.69, 9.17) is 15.9 Å². The van der Waals surface area contributed by atoms with Crippen LogP contribution in [0.3, 0.4) is 0 Å². The fourth-order valence-electron chi connectivity index (χ4n) is 0.767. The fourth-order valence-corrected chi connectivity index (χ4v) is 0.767. The summed E-state index contributed by atoms with van der Waals surface area (Å²) in [4.78, 5) is 0. The van der Waals surface area contributed by atoms with Gasteiger partial charge < -0.3 is 9.47 Å². The van der Waals surface area contributed by atoms with E-state index in [2.05, 4.69) is 6.11 Å². The van der Waals surface area contributed by atoms with Crippen molar-refractivity contribution in [3.05, 3.63) is 24.3 Å². The molecule has 0 aliphatic carbocycles. The average Bonchev–Trinajstić information content (AvgIpc) is 2.06. The smallest absolute Gasteiger partial charge is 0.182 e. The van der Waals surface area contributed by atoms with Gasteiger partial charge in [0.2, 0.25) is 0 Å². The number of methoxy groups -OCH3 is 1. The Morgan fingerprint density at radius 3 is 2.45 bits per heavy atom. The predicted molar refractivity (Wildman–Crippen MR) is 42.5 cm³/mol. The first-order valence-corrected chi connectivity index (χ1v) is 3.14. The molecule has 0 fully saturated rings. The first-order valence-electron chi connectivity index (χ1n) is 3.14. The van der Waals surface area contributed by atoms with Crippen LogP contribution in [0.2, 0.25) is 0 Å². The fraction of sp³-hybridized carbons (Fsp3) is 0.111. The van der Waals surface area contributed by atoms with Gasteiger partial charge in [-0.3, -0.25) is 0 Å². The maximum atomic E-state index is 4.98. The molecule has 0 spiro atoms. The molecule has 56 valence electrons. The van der Waals surface area contributed by atoms with Crippen LogP contribution in [0.4, 0.5) is 0 Å². The average molecular weight is 148 g/mol. The summed E-state index contributed by atoms with van der Waals surface area (Å²) in [6.07, 6.45) is 7.04. The normalized spacial score (nSPS) is 8.36. The maximum Gasteiger partial charge on any atom is 0.182 e. The van der Waals surface area contributed by atoms with Crippen molar-refractivity contribution in [2.75, 3.05) is 7.11 Å². The van der Waals surface area contributed by atoms with Crippen molar-refractivity contribution in [1.82, 2.24) is 0 Å². The van der Waals surface area contributed by atoms with Gasteiger partial charge in [-0.1, -0.05) is 18.6 Å². The molecule has 0 N–H and O–H groups in total. The molecule has 1 aromatic rings. The van der Waals surface area contributed by atoms with Gasteiger partial charge in [-0.15, -0.1) is 0 Å². The number of hydrogen-bond acceptors (Lipinski definition) is 2. The van der Waals surface area contributed by atoms with Gasteiger partial charge in [0, 0.05) is 0 Å². The Bertz CT molecular complexity index is 273. The van der Waals surface area contributed by atoms with E-state index in [-0.39, 0.29) is 0 Å². The Hall–Kier alpha value is -1.62. The van der Waals surface area contributed by atoms with Crippen LogP contribution in [0, 0.1) is 12.5 Å². The highest BCUT2D eigenvalue weighted by molar-refractivity contribution is 5.40. The summed E-state index contributed by atoms with van der Waals surface area (Å²) < 4.78 is 9.81. The predicted octanol–water partition coefficient (Wildman–Crippen LogP) is 1.66. The zero-order chi connectivity index (χ0) is 8.10. The third-order valence-corrected chi connectivity index (χ3v) is 1.24. The minimum absolute atomic E-state index is 0.567. The molecule has 0 radical (unpaired) electrons. The lowest BCUT2D eigenvalue weighted by Gasteiger charge is -2.03. The van der Waals surface area contributed by atoms with E-state index >= 15 is 0 Å². The van der Waals surface area contributed by atoms with E-state index in [1.807, 2.05) is 12.1 Å². The van der Waals surface area contributed by atoms with Crippen molar-refractivity contribution in [2.24, 2.45) is 0 Å². The molecule has 0 aliphatic rings. The van der Waals surface area contributed by atoms with Crippen LogP contribution < -0.4 is 9.47 Å². The SMILES string of the molecule is C#COc1ccccc1OC. The maximum absolute atomic E-state index is 4.98. The molecule has 0 saturated carbocycles. The monoisotopic (exact) mass is 148 g/mol. The van der Waals surface area contributed by atoms with Crippen LogP contribution in [-0.2, 0) is 0 Å². The quantitative estimate of drug-likeness (QED) is 0.594. The van der Waals surface area contributed by atoms with Crippen molar-refractivity contribution in [3.63, 3.8) is 0 Å². The summed E-state index contributed by atoms with van der Waals surface area (Å²) in [6, 6.07) is 7.21. The van der Waals surface area contributed by atoms with E-state index in [0.29, 0.717) is 11.5 Å². The summed E-state index contributed by atoms with van der Waals surface area (Å²) in [5.41, 5.74) is 0. The van der Waals surface area contributed by atoms with Gasteiger partial charge in [-0.05, 0) is 12.1 Å². The van der Waals surface area contributed by atoms with Crippen molar-refractivity contribution >= 4 is 0 Å². The first kappa shape index (κ1) is 7.49. The van der Waals surface area contributed by atoms with Crippen molar-refractivity contribution < 1.29 is 9.47 Å². The molecule has 0 saturated heterocycles. The standard InChI is InChI=1S/C9H8O2/c1-3-11-9-7-5-4-6-8(9)10-2/h1,4-7H,2H3. The molecular weight excluding hydrogens is 140 g/mol. The molecule has 1 rings (SSSR count). The zero-order valence-corrected chi connectivity index (χ0v) is 6.20. The molecule has 11 heavy (non-hydrogen) atoms. The molecule has 0 aromatic heterocycles. The van der Waals surface area contributed by atoms with Crippen molar-refractivity contribution in [1.29, 1.82) is 0 Å². The molecule has 0 bridgehead atoms. The second kappa shape index (κ2) is 3.52. The number of para-hydroxylation sites is 2. The minimum atomic E-state index is 0.567. The number of terminal acetylenes is 1. The summed E-state index contributed by atoms with van der Waals surface area (Å²) in [5.74, 6) is 1.21. The number of ether oxygens (including phenoxy) is 2. The van der Waals surface area contributed by atoms with Crippen molar-refractivity contribution in [2.45, 2.75) is 0 Å². The van der Waals surface area contributed by atoms with Gasteiger partial charge in [0.05, 0.1) is 7.11 Å². The van der Waals surface area contributed by atoms with E-state index in [1.54, 1.807) is 19.2 Å². The third-order valence-electron chi connectivity index (χ3n) is 1.24. The summed E-state index contributed by atoms with van der Waals surface area (Å²) in [7, 11) is 1.57. The molecule has 0 heterocycles. The first-order chi connectivity index (χ1) is 5.38. The van der Waals surface area contributed by atoms with Crippen LogP contribution in [0.15, 0.2) is 24.3 Å². The summed E-state index contributed by atoms with van der Waals surface area (Å²) >= 11 is 0. The van der Waals surface area contributed by atoms with Gasteiger partial charge in [-0.2, -0.15) is 0 Å². The summed E-state index contributed by atoms with van der Waals surface area (Å²) in [6.45, 7) is 0. The van der Waals surface area contributed by atoms with Gasteiger partial charge >= 0.3 is 0 Å². The van der Waals surface area contributed by atoms with E-state index in [9.17, 15) is 0 Å². The van der Waals surface area contributed by atoms with E-state index < -0.39 is 0 Å². The molecule has 0 unspecified atom stereocenters. The van der Waals surface area contributed by atoms with E-state index in [0.717, 1.165) is 0 Å². The molecule has 2 heteroatoms. The lowest BCUT2D eigenvalue weighted by Crippen LogP contribution is -1.88. The lowest BCUT2D eigenvalue weighted by molar-refractivity contribution is 0.386. The molecule has 1 aromatic carbocycles. The zero-order valence-electron chi connectivity index (χ0n) is 6.20. The molecule has 0 atom stereocenters. The van der Waals surface area contributed by atoms with Gasteiger partial charge in [0.1, 0.15) is 6.11 Å². The van der Waals surface area contributed by atoms with Crippen molar-refractivity contribution in [3.8, 4) is 24.0 Å². The molecule has 2 nitrogen and oxygen atoms in total. The van der Waals surface area contributed by atoms with Crippen LogP contribution in [-0.4, -0.2) is 7.11 Å². The second-order valence-corrected chi connectivity index (χ2v) is 1.87. The van der Waals surface area contributed by atoms with Crippen LogP contribution in [0.1, 0.15) is 0 Å². The highest BCUT2D eigenvalue weighted by atomic mass is 16.5. The second-order valence-electron chi connectivity index (χ2n) is 1.87. The highest BCUT2D eigenvalue weighted by Crippen LogP contribution is 2.24. The Balaban J connectivity index is 2.94. The molecular formula is C9H8O2. The highest BCUT2D eigenvalue weighted by Gasteiger charge is 1.99. The van der Waals surface area contributed by atoms with Gasteiger partial charge in [-0.25, -0.2) is 0 Å². The largest absolute Gasteiger partial charge is 0.493 e. The minimum Gasteiger partial charge on any atom is -0.493 e. The number of hydrogen-bond donors (Lipinski definition) is 0. The Kier molecular flexibility index (Phi) is 2.40. The number of benzene rings is 1. The molecule has 0 aliphatic heterocycles.